The number of H-pyrrole nitrogens is 1. The minimum absolute atomic E-state index is 0.678. The van der Waals surface area contributed by atoms with Crippen molar-refractivity contribution in [2.75, 3.05) is 0 Å². The van der Waals surface area contributed by atoms with Crippen molar-refractivity contribution in [3.05, 3.63) is 41.9 Å². The highest BCUT2D eigenvalue weighted by molar-refractivity contribution is 5.78. The van der Waals surface area contributed by atoms with E-state index in [-0.39, 0.29) is 0 Å². The monoisotopic (exact) mass is 200 g/mol. The lowest BCUT2D eigenvalue weighted by atomic mass is 10.1. The van der Waals surface area contributed by atoms with E-state index in [9.17, 15) is 4.79 Å². The number of aldehydes is 1. The van der Waals surface area contributed by atoms with Crippen molar-refractivity contribution in [3.8, 4) is 11.3 Å². The van der Waals surface area contributed by atoms with Gasteiger partial charge in [-0.25, -0.2) is 4.98 Å². The van der Waals surface area contributed by atoms with Crippen LogP contribution in [0.25, 0.3) is 11.3 Å². The first kappa shape index (κ1) is 9.65. The van der Waals surface area contributed by atoms with Gasteiger partial charge in [-0.3, -0.25) is 4.79 Å². The van der Waals surface area contributed by atoms with E-state index in [1.807, 2.05) is 18.2 Å². The number of rotatable bonds is 3. The molecular formula is C12H12N2O. The topological polar surface area (TPSA) is 45.8 Å². The van der Waals surface area contributed by atoms with E-state index in [1.165, 1.54) is 0 Å². The first-order valence-electron chi connectivity index (χ1n) is 4.93. The number of aromatic amines is 1. The predicted molar refractivity (Wildman–Crippen MR) is 58.8 cm³/mol. The lowest BCUT2D eigenvalue weighted by Crippen LogP contribution is -1.87. The number of carbonyl (C=O) groups excluding carboxylic acids is 1. The Balaban J connectivity index is 2.48. The SMILES string of the molecule is CCc1[nH]cnc1-c1cccc(C=O)c1. The van der Waals surface area contributed by atoms with Crippen LogP contribution in [0.15, 0.2) is 30.6 Å². The summed E-state index contributed by atoms with van der Waals surface area (Å²) in [4.78, 5) is 18.0. The number of aryl methyl sites for hydroxylation is 1. The molecule has 0 amide bonds. The van der Waals surface area contributed by atoms with Crippen LogP contribution in [0.5, 0.6) is 0 Å². The molecule has 0 aliphatic carbocycles. The molecule has 0 spiro atoms. The number of nitrogens with one attached hydrogen (secondary N) is 1. The number of benzene rings is 1. The second kappa shape index (κ2) is 4.09. The van der Waals surface area contributed by atoms with Gasteiger partial charge in [-0.15, -0.1) is 0 Å². The molecule has 1 N–H and O–H groups in total. The second-order valence-electron chi connectivity index (χ2n) is 3.33. The van der Waals surface area contributed by atoms with Gasteiger partial charge in [0, 0.05) is 16.8 Å². The third-order valence-electron chi connectivity index (χ3n) is 2.37. The summed E-state index contributed by atoms with van der Waals surface area (Å²) in [5.74, 6) is 0. The lowest BCUT2D eigenvalue weighted by Gasteiger charge is -2.00. The summed E-state index contributed by atoms with van der Waals surface area (Å²) in [6.07, 6.45) is 3.43. The highest BCUT2D eigenvalue weighted by Crippen LogP contribution is 2.21. The fourth-order valence-corrected chi connectivity index (χ4v) is 1.60. The van der Waals surface area contributed by atoms with Crippen molar-refractivity contribution >= 4 is 6.29 Å². The molecule has 76 valence electrons. The zero-order valence-electron chi connectivity index (χ0n) is 8.53. The molecule has 1 aromatic carbocycles. The Kier molecular flexibility index (Phi) is 2.63. The van der Waals surface area contributed by atoms with Gasteiger partial charge in [0.1, 0.15) is 6.29 Å². The van der Waals surface area contributed by atoms with Gasteiger partial charge in [0.15, 0.2) is 0 Å². The van der Waals surface area contributed by atoms with Crippen LogP contribution < -0.4 is 0 Å². The molecule has 0 unspecified atom stereocenters. The Morgan fingerprint density at radius 2 is 2.33 bits per heavy atom. The standard InChI is InChI=1S/C12H12N2O/c1-2-11-12(14-8-13-11)10-5-3-4-9(6-10)7-15/h3-8H,2H2,1H3,(H,13,14). The van der Waals surface area contributed by atoms with Crippen molar-refractivity contribution in [1.29, 1.82) is 0 Å². The molecule has 1 heterocycles. The highest BCUT2D eigenvalue weighted by atomic mass is 16.1. The minimum atomic E-state index is 0.678. The van der Waals surface area contributed by atoms with Crippen LogP contribution in [0.2, 0.25) is 0 Å². The smallest absolute Gasteiger partial charge is 0.150 e. The zero-order chi connectivity index (χ0) is 10.7. The third kappa shape index (κ3) is 1.81. The maximum absolute atomic E-state index is 10.7. The molecule has 3 heteroatoms. The maximum atomic E-state index is 10.7. The molecule has 0 saturated heterocycles. The van der Waals surface area contributed by atoms with Crippen LogP contribution in [-0.4, -0.2) is 16.3 Å². The van der Waals surface area contributed by atoms with E-state index >= 15 is 0 Å². The summed E-state index contributed by atoms with van der Waals surface area (Å²) in [5, 5.41) is 0. The predicted octanol–water partition coefficient (Wildman–Crippen LogP) is 2.45. The van der Waals surface area contributed by atoms with Crippen molar-refractivity contribution in [2.24, 2.45) is 0 Å². The van der Waals surface area contributed by atoms with Crippen LogP contribution in [0, 0.1) is 0 Å². The number of imidazole rings is 1. The molecule has 15 heavy (non-hydrogen) atoms. The largest absolute Gasteiger partial charge is 0.348 e. The molecule has 0 fully saturated rings. The van der Waals surface area contributed by atoms with E-state index in [0.29, 0.717) is 5.56 Å². The average Bonchev–Trinajstić information content (AvgIpc) is 2.77. The Hall–Kier alpha value is -1.90. The molecule has 0 saturated carbocycles. The molecule has 3 nitrogen and oxygen atoms in total. The van der Waals surface area contributed by atoms with Crippen LogP contribution in [-0.2, 0) is 6.42 Å². The van der Waals surface area contributed by atoms with Crippen molar-refractivity contribution in [1.82, 2.24) is 9.97 Å². The summed E-state index contributed by atoms with van der Waals surface area (Å²) in [5.41, 5.74) is 3.69. The van der Waals surface area contributed by atoms with E-state index in [4.69, 9.17) is 0 Å². The Morgan fingerprint density at radius 1 is 1.47 bits per heavy atom. The number of nitrogens with zero attached hydrogens (tertiary/aromatic N) is 1. The van der Waals surface area contributed by atoms with E-state index < -0.39 is 0 Å². The quantitative estimate of drug-likeness (QED) is 0.773. The Morgan fingerprint density at radius 3 is 3.07 bits per heavy atom. The van der Waals surface area contributed by atoms with Gasteiger partial charge >= 0.3 is 0 Å². The molecule has 0 aliphatic heterocycles. The Bertz CT molecular complexity index is 474. The first-order chi connectivity index (χ1) is 7.35. The van der Waals surface area contributed by atoms with Crippen molar-refractivity contribution < 1.29 is 4.79 Å². The highest BCUT2D eigenvalue weighted by Gasteiger charge is 2.06. The van der Waals surface area contributed by atoms with E-state index in [1.54, 1.807) is 12.4 Å². The van der Waals surface area contributed by atoms with Gasteiger partial charge in [0.25, 0.3) is 0 Å². The van der Waals surface area contributed by atoms with E-state index in [2.05, 4.69) is 16.9 Å². The van der Waals surface area contributed by atoms with Gasteiger partial charge in [-0.1, -0.05) is 25.1 Å². The lowest BCUT2D eigenvalue weighted by molar-refractivity contribution is 0.112. The number of aromatic nitrogens is 2. The molecule has 2 rings (SSSR count). The number of hydrogen-bond acceptors (Lipinski definition) is 2. The molecule has 0 atom stereocenters. The number of hydrogen-bond donors (Lipinski definition) is 1. The molecule has 1 aromatic heterocycles. The van der Waals surface area contributed by atoms with Crippen LogP contribution >= 0.6 is 0 Å². The van der Waals surface area contributed by atoms with Gasteiger partial charge in [0.2, 0.25) is 0 Å². The normalized spacial score (nSPS) is 10.2. The van der Waals surface area contributed by atoms with Crippen molar-refractivity contribution in [2.45, 2.75) is 13.3 Å². The van der Waals surface area contributed by atoms with Gasteiger partial charge in [0.05, 0.1) is 12.0 Å². The van der Waals surface area contributed by atoms with Crippen LogP contribution in [0.1, 0.15) is 23.0 Å². The molecule has 0 aliphatic rings. The fourth-order valence-electron chi connectivity index (χ4n) is 1.60. The minimum Gasteiger partial charge on any atom is -0.348 e. The third-order valence-corrected chi connectivity index (χ3v) is 2.37. The van der Waals surface area contributed by atoms with E-state index in [0.717, 1.165) is 29.7 Å². The van der Waals surface area contributed by atoms with Crippen LogP contribution in [0.4, 0.5) is 0 Å². The van der Waals surface area contributed by atoms with Crippen molar-refractivity contribution in [3.63, 3.8) is 0 Å². The average molecular weight is 200 g/mol. The first-order valence-corrected chi connectivity index (χ1v) is 4.93. The molecule has 0 bridgehead atoms. The van der Waals surface area contributed by atoms with Gasteiger partial charge in [-0.05, 0) is 12.5 Å². The summed E-state index contributed by atoms with van der Waals surface area (Å²) in [6, 6.07) is 7.46. The van der Waals surface area contributed by atoms with Gasteiger partial charge < -0.3 is 4.98 Å². The Labute approximate surface area is 88.2 Å². The molecule has 0 radical (unpaired) electrons. The molecule has 2 aromatic rings. The van der Waals surface area contributed by atoms with Crippen LogP contribution in [0.3, 0.4) is 0 Å². The number of carbonyl (C=O) groups is 1. The maximum Gasteiger partial charge on any atom is 0.150 e. The second-order valence-corrected chi connectivity index (χ2v) is 3.33. The summed E-state index contributed by atoms with van der Waals surface area (Å²) >= 11 is 0. The zero-order valence-corrected chi connectivity index (χ0v) is 8.53. The van der Waals surface area contributed by atoms with Gasteiger partial charge in [-0.2, -0.15) is 0 Å². The molecular weight excluding hydrogens is 188 g/mol. The fraction of sp³-hybridized carbons (Fsp3) is 0.167. The summed E-state index contributed by atoms with van der Waals surface area (Å²) in [7, 11) is 0. The summed E-state index contributed by atoms with van der Waals surface area (Å²) < 4.78 is 0. The summed E-state index contributed by atoms with van der Waals surface area (Å²) in [6.45, 7) is 2.07.